The Balaban J connectivity index is 2.41. The van der Waals surface area contributed by atoms with E-state index in [0.29, 0.717) is 12.4 Å². The molecule has 0 amide bonds. The van der Waals surface area contributed by atoms with Crippen molar-refractivity contribution in [3.05, 3.63) is 23.9 Å². The first-order chi connectivity index (χ1) is 8.93. The second-order valence-corrected chi connectivity index (χ2v) is 6.38. The molecule has 0 saturated carbocycles. The summed E-state index contributed by atoms with van der Waals surface area (Å²) in [6, 6.07) is 3.76. The molecule has 0 aliphatic rings. The van der Waals surface area contributed by atoms with Crippen LogP contribution in [0.3, 0.4) is 0 Å². The lowest BCUT2D eigenvalue weighted by Crippen LogP contribution is -2.34. The molecule has 7 heteroatoms. The highest BCUT2D eigenvalue weighted by Gasteiger charge is 2.09. The SMILES string of the molecule is COc1ccc(CNS(=O)(=O)CCNC(C)C)cn1. The molecule has 0 spiro atoms. The van der Waals surface area contributed by atoms with E-state index < -0.39 is 10.0 Å². The van der Waals surface area contributed by atoms with Crippen molar-refractivity contribution in [2.45, 2.75) is 26.4 Å². The Kier molecular flexibility index (Phi) is 6.20. The number of methoxy groups -OCH3 is 1. The molecule has 19 heavy (non-hydrogen) atoms. The standard InChI is InChI=1S/C12H21N3O3S/c1-10(2)13-6-7-19(16,17)15-9-11-4-5-12(18-3)14-8-11/h4-5,8,10,13,15H,6-7,9H2,1-3H3. The van der Waals surface area contributed by atoms with E-state index in [9.17, 15) is 8.42 Å². The average molecular weight is 287 g/mol. The van der Waals surface area contributed by atoms with Gasteiger partial charge < -0.3 is 10.1 Å². The molecule has 0 aliphatic heterocycles. The first-order valence-corrected chi connectivity index (χ1v) is 7.78. The number of hydrogen-bond acceptors (Lipinski definition) is 5. The first kappa shape index (κ1) is 15.9. The molecule has 0 saturated heterocycles. The highest BCUT2D eigenvalue weighted by molar-refractivity contribution is 7.89. The van der Waals surface area contributed by atoms with Gasteiger partial charge >= 0.3 is 0 Å². The van der Waals surface area contributed by atoms with Gasteiger partial charge in [0.15, 0.2) is 0 Å². The summed E-state index contributed by atoms with van der Waals surface area (Å²) in [7, 11) is -1.73. The number of ether oxygens (including phenoxy) is 1. The molecule has 2 N–H and O–H groups in total. The van der Waals surface area contributed by atoms with E-state index in [0.717, 1.165) is 5.56 Å². The summed E-state index contributed by atoms with van der Waals surface area (Å²) in [5.74, 6) is 0.571. The van der Waals surface area contributed by atoms with Crippen LogP contribution < -0.4 is 14.8 Å². The topological polar surface area (TPSA) is 80.3 Å². The van der Waals surface area contributed by atoms with Crippen molar-refractivity contribution in [1.29, 1.82) is 0 Å². The predicted octanol–water partition coefficient (Wildman–Crippen LogP) is 0.508. The van der Waals surface area contributed by atoms with Gasteiger partial charge in [-0.2, -0.15) is 0 Å². The van der Waals surface area contributed by atoms with Gasteiger partial charge in [0, 0.05) is 31.4 Å². The third kappa shape index (κ3) is 6.51. The Morgan fingerprint density at radius 2 is 2.11 bits per heavy atom. The lowest BCUT2D eigenvalue weighted by molar-refractivity contribution is 0.397. The van der Waals surface area contributed by atoms with Gasteiger partial charge in [-0.25, -0.2) is 18.1 Å². The lowest BCUT2D eigenvalue weighted by Gasteiger charge is -2.09. The molecule has 0 unspecified atom stereocenters. The van der Waals surface area contributed by atoms with Crippen molar-refractivity contribution in [2.24, 2.45) is 0 Å². The minimum Gasteiger partial charge on any atom is -0.481 e. The van der Waals surface area contributed by atoms with E-state index in [2.05, 4.69) is 15.0 Å². The Labute approximate surface area is 114 Å². The van der Waals surface area contributed by atoms with Crippen LogP contribution in [0.4, 0.5) is 0 Å². The molecule has 1 aromatic rings. The molecule has 0 aromatic carbocycles. The van der Waals surface area contributed by atoms with E-state index in [1.807, 2.05) is 13.8 Å². The minimum absolute atomic E-state index is 0.0642. The molecule has 1 heterocycles. The monoisotopic (exact) mass is 287 g/mol. The number of sulfonamides is 1. The summed E-state index contributed by atoms with van der Waals surface area (Å²) in [5, 5.41) is 3.07. The predicted molar refractivity (Wildman–Crippen MR) is 74.6 cm³/mol. The van der Waals surface area contributed by atoms with E-state index in [1.54, 1.807) is 18.3 Å². The van der Waals surface area contributed by atoms with E-state index in [1.165, 1.54) is 7.11 Å². The van der Waals surface area contributed by atoms with Gasteiger partial charge in [-0.15, -0.1) is 0 Å². The molecule has 6 nitrogen and oxygen atoms in total. The quantitative estimate of drug-likeness (QED) is 0.728. The van der Waals surface area contributed by atoms with Crippen LogP contribution in [0.25, 0.3) is 0 Å². The Hall–Kier alpha value is -1.18. The van der Waals surface area contributed by atoms with Gasteiger partial charge in [-0.3, -0.25) is 0 Å². The van der Waals surface area contributed by atoms with Crippen molar-refractivity contribution in [3.63, 3.8) is 0 Å². The maximum atomic E-state index is 11.7. The Bertz CT molecular complexity index is 471. The van der Waals surface area contributed by atoms with Crippen LogP contribution in [0.2, 0.25) is 0 Å². The third-order valence-corrected chi connectivity index (χ3v) is 3.75. The van der Waals surface area contributed by atoms with Crippen molar-refractivity contribution >= 4 is 10.0 Å². The second-order valence-electron chi connectivity index (χ2n) is 4.46. The molecular formula is C12H21N3O3S. The largest absolute Gasteiger partial charge is 0.481 e. The second kappa shape index (κ2) is 7.42. The van der Waals surface area contributed by atoms with Crippen LogP contribution in [0.5, 0.6) is 5.88 Å². The Morgan fingerprint density at radius 1 is 1.37 bits per heavy atom. The molecule has 0 radical (unpaired) electrons. The summed E-state index contributed by atoms with van der Waals surface area (Å²) in [4.78, 5) is 4.01. The van der Waals surface area contributed by atoms with Crippen LogP contribution in [0, 0.1) is 0 Å². The van der Waals surface area contributed by atoms with Gasteiger partial charge in [0.2, 0.25) is 15.9 Å². The van der Waals surface area contributed by atoms with E-state index in [4.69, 9.17) is 4.74 Å². The summed E-state index contributed by atoms with van der Waals surface area (Å²) >= 11 is 0. The van der Waals surface area contributed by atoms with Gasteiger partial charge in [-0.1, -0.05) is 19.9 Å². The van der Waals surface area contributed by atoms with Gasteiger partial charge in [0.1, 0.15) is 0 Å². The zero-order chi connectivity index (χ0) is 14.3. The van der Waals surface area contributed by atoms with Crippen molar-refractivity contribution in [3.8, 4) is 5.88 Å². The third-order valence-electron chi connectivity index (χ3n) is 2.43. The molecule has 0 atom stereocenters. The molecular weight excluding hydrogens is 266 g/mol. The molecule has 1 aromatic heterocycles. The lowest BCUT2D eigenvalue weighted by atomic mass is 10.3. The molecule has 108 valence electrons. The average Bonchev–Trinajstić information content (AvgIpc) is 2.36. The van der Waals surface area contributed by atoms with Crippen molar-refractivity contribution in [1.82, 2.24) is 15.0 Å². The fraction of sp³-hybridized carbons (Fsp3) is 0.583. The highest BCUT2D eigenvalue weighted by atomic mass is 32.2. The highest BCUT2D eigenvalue weighted by Crippen LogP contribution is 2.06. The van der Waals surface area contributed by atoms with Gasteiger partial charge in [0.05, 0.1) is 12.9 Å². The minimum atomic E-state index is -3.26. The zero-order valence-corrected chi connectivity index (χ0v) is 12.3. The number of aromatic nitrogens is 1. The Morgan fingerprint density at radius 3 is 2.63 bits per heavy atom. The van der Waals surface area contributed by atoms with Crippen LogP contribution in [-0.2, 0) is 16.6 Å². The summed E-state index contributed by atoms with van der Waals surface area (Å²) < 4.78 is 30.9. The summed E-state index contributed by atoms with van der Waals surface area (Å²) in [6.45, 7) is 4.63. The maximum Gasteiger partial charge on any atom is 0.213 e. The fourth-order valence-corrected chi connectivity index (χ4v) is 2.30. The van der Waals surface area contributed by atoms with Crippen LogP contribution in [0.15, 0.2) is 18.3 Å². The van der Waals surface area contributed by atoms with Gasteiger partial charge in [-0.05, 0) is 5.56 Å². The number of pyridine rings is 1. The number of hydrogen-bond donors (Lipinski definition) is 2. The van der Waals surface area contributed by atoms with E-state index >= 15 is 0 Å². The van der Waals surface area contributed by atoms with Crippen LogP contribution >= 0.6 is 0 Å². The molecule has 0 bridgehead atoms. The molecule has 0 aliphatic carbocycles. The summed E-state index contributed by atoms with van der Waals surface area (Å²) in [6.07, 6.45) is 1.59. The van der Waals surface area contributed by atoms with Crippen molar-refractivity contribution in [2.75, 3.05) is 19.4 Å². The maximum absolute atomic E-state index is 11.7. The smallest absolute Gasteiger partial charge is 0.213 e. The van der Waals surface area contributed by atoms with Crippen LogP contribution in [0.1, 0.15) is 19.4 Å². The van der Waals surface area contributed by atoms with Crippen molar-refractivity contribution < 1.29 is 13.2 Å². The van der Waals surface area contributed by atoms with Crippen LogP contribution in [-0.4, -0.2) is 38.9 Å². The summed E-state index contributed by atoms with van der Waals surface area (Å²) in [5.41, 5.74) is 0.793. The number of rotatable bonds is 8. The first-order valence-electron chi connectivity index (χ1n) is 6.12. The van der Waals surface area contributed by atoms with Gasteiger partial charge in [0.25, 0.3) is 0 Å². The zero-order valence-electron chi connectivity index (χ0n) is 11.5. The van der Waals surface area contributed by atoms with E-state index in [-0.39, 0.29) is 18.3 Å². The number of nitrogens with one attached hydrogen (secondary N) is 2. The normalized spacial score (nSPS) is 11.8. The fourth-order valence-electron chi connectivity index (χ4n) is 1.38. The molecule has 0 fully saturated rings. The number of nitrogens with zero attached hydrogens (tertiary/aromatic N) is 1. The molecule has 1 rings (SSSR count).